The summed E-state index contributed by atoms with van der Waals surface area (Å²) >= 11 is 0. The summed E-state index contributed by atoms with van der Waals surface area (Å²) < 4.78 is 1.92. The van der Waals surface area contributed by atoms with Crippen LogP contribution in [0.25, 0.3) is 0 Å². The lowest BCUT2D eigenvalue weighted by molar-refractivity contribution is 0.573. The van der Waals surface area contributed by atoms with Crippen LogP contribution in [0.1, 0.15) is 24.2 Å². The van der Waals surface area contributed by atoms with Crippen LogP contribution in [-0.2, 0) is 7.05 Å². The maximum Gasteiger partial charge on any atom is 0.0748 e. The molecule has 0 amide bonds. The molecule has 1 N–H and O–H groups in total. The molecule has 0 saturated heterocycles. The van der Waals surface area contributed by atoms with Gasteiger partial charge in [0.25, 0.3) is 0 Å². The average Bonchev–Trinajstić information content (AvgIpc) is 2.82. The van der Waals surface area contributed by atoms with Gasteiger partial charge in [0, 0.05) is 33.0 Å². The van der Waals surface area contributed by atoms with Crippen molar-refractivity contribution in [2.24, 2.45) is 7.05 Å². The lowest BCUT2D eigenvalue weighted by Crippen LogP contribution is -2.24. The van der Waals surface area contributed by atoms with E-state index in [0.29, 0.717) is 0 Å². The van der Waals surface area contributed by atoms with Gasteiger partial charge in [-0.15, -0.1) is 0 Å². The van der Waals surface area contributed by atoms with Gasteiger partial charge in [0.2, 0.25) is 0 Å². The molecule has 102 valence electrons. The van der Waals surface area contributed by atoms with Crippen molar-refractivity contribution in [1.29, 1.82) is 0 Å². The Morgan fingerprint density at radius 2 is 1.89 bits per heavy atom. The van der Waals surface area contributed by atoms with E-state index in [0.717, 1.165) is 6.54 Å². The van der Waals surface area contributed by atoms with Crippen LogP contribution in [0.3, 0.4) is 0 Å². The van der Waals surface area contributed by atoms with Crippen molar-refractivity contribution in [2.45, 2.75) is 13.0 Å². The van der Waals surface area contributed by atoms with E-state index in [9.17, 15) is 0 Å². The maximum absolute atomic E-state index is 4.26. The largest absolute Gasteiger partial charge is 0.378 e. The third kappa shape index (κ3) is 2.96. The van der Waals surface area contributed by atoms with Gasteiger partial charge >= 0.3 is 0 Å². The van der Waals surface area contributed by atoms with Gasteiger partial charge in [-0.2, -0.15) is 5.10 Å². The van der Waals surface area contributed by atoms with E-state index in [1.54, 1.807) is 0 Å². The van der Waals surface area contributed by atoms with E-state index in [4.69, 9.17) is 0 Å². The monoisotopic (exact) mass is 258 g/mol. The molecule has 0 bridgehead atoms. The number of nitrogens with one attached hydrogen (secondary N) is 1. The Morgan fingerprint density at radius 1 is 1.21 bits per heavy atom. The predicted molar refractivity (Wildman–Crippen MR) is 79.5 cm³/mol. The zero-order valence-corrected chi connectivity index (χ0v) is 12.1. The van der Waals surface area contributed by atoms with Crippen LogP contribution in [-0.4, -0.2) is 30.4 Å². The summed E-state index contributed by atoms with van der Waals surface area (Å²) in [4.78, 5) is 2.11. The molecule has 19 heavy (non-hydrogen) atoms. The Morgan fingerprint density at radius 3 is 2.37 bits per heavy atom. The fraction of sp³-hybridized carbons (Fsp3) is 0.400. The number of aromatic nitrogens is 2. The molecule has 0 aliphatic carbocycles. The summed E-state index contributed by atoms with van der Waals surface area (Å²) in [7, 11) is 6.09. The highest BCUT2D eigenvalue weighted by Gasteiger charge is 2.16. The highest BCUT2D eigenvalue weighted by molar-refractivity contribution is 5.47. The smallest absolute Gasteiger partial charge is 0.0748 e. The quantitative estimate of drug-likeness (QED) is 0.892. The minimum Gasteiger partial charge on any atom is -0.378 e. The molecule has 1 aromatic heterocycles. The number of aryl methyl sites for hydroxylation is 1. The maximum atomic E-state index is 4.26. The van der Waals surface area contributed by atoms with Crippen molar-refractivity contribution in [3.63, 3.8) is 0 Å². The van der Waals surface area contributed by atoms with Crippen LogP contribution in [0.15, 0.2) is 36.5 Å². The van der Waals surface area contributed by atoms with E-state index in [1.807, 2.05) is 17.9 Å². The van der Waals surface area contributed by atoms with Crippen molar-refractivity contribution in [3.05, 3.63) is 47.8 Å². The molecule has 1 atom stereocenters. The van der Waals surface area contributed by atoms with Crippen LogP contribution in [0.5, 0.6) is 0 Å². The second-order valence-corrected chi connectivity index (χ2v) is 4.86. The molecule has 4 nitrogen and oxygen atoms in total. The van der Waals surface area contributed by atoms with Crippen molar-refractivity contribution < 1.29 is 0 Å². The first-order valence-corrected chi connectivity index (χ1v) is 6.62. The molecule has 0 spiro atoms. The Hall–Kier alpha value is -1.81. The molecule has 1 unspecified atom stereocenters. The number of hydrogen-bond donors (Lipinski definition) is 1. The minimum absolute atomic E-state index is 0.189. The van der Waals surface area contributed by atoms with Crippen molar-refractivity contribution in [3.8, 4) is 0 Å². The lowest BCUT2D eigenvalue weighted by atomic mass is 10.0. The average molecular weight is 258 g/mol. The van der Waals surface area contributed by atoms with Gasteiger partial charge in [-0.25, -0.2) is 0 Å². The number of rotatable bonds is 5. The van der Waals surface area contributed by atoms with E-state index in [-0.39, 0.29) is 6.04 Å². The van der Waals surface area contributed by atoms with Crippen molar-refractivity contribution >= 4 is 5.69 Å². The van der Waals surface area contributed by atoms with Gasteiger partial charge in [0.1, 0.15) is 0 Å². The highest BCUT2D eigenvalue weighted by atomic mass is 15.3. The summed E-state index contributed by atoms with van der Waals surface area (Å²) in [5.74, 6) is 0. The Balaban J connectivity index is 2.31. The molecule has 1 heterocycles. The minimum atomic E-state index is 0.189. The Bertz CT molecular complexity index is 513. The van der Waals surface area contributed by atoms with Crippen LogP contribution in [0.2, 0.25) is 0 Å². The number of nitrogens with zero attached hydrogens (tertiary/aromatic N) is 3. The van der Waals surface area contributed by atoms with Gasteiger partial charge in [-0.3, -0.25) is 4.68 Å². The Labute approximate surface area is 115 Å². The predicted octanol–water partition coefficient (Wildman–Crippen LogP) is 2.18. The standard InChI is InChI=1S/C15H22N4/c1-5-16-15(14-10-11-17-19(14)4)12-6-8-13(9-7-12)18(2)3/h6-11,15-16H,5H2,1-4H3. The molecule has 2 rings (SSSR count). The van der Waals surface area contributed by atoms with E-state index in [2.05, 4.69) is 66.7 Å². The lowest BCUT2D eigenvalue weighted by Gasteiger charge is -2.20. The van der Waals surface area contributed by atoms with Crippen LogP contribution in [0, 0.1) is 0 Å². The topological polar surface area (TPSA) is 33.1 Å². The molecule has 2 aromatic rings. The van der Waals surface area contributed by atoms with Crippen LogP contribution >= 0.6 is 0 Å². The molecule has 0 radical (unpaired) electrons. The molecule has 1 aromatic carbocycles. The first kappa shape index (κ1) is 13.6. The summed E-state index contributed by atoms with van der Waals surface area (Å²) in [6, 6.07) is 10.9. The molecular formula is C15H22N4. The van der Waals surface area contributed by atoms with Gasteiger partial charge in [0.05, 0.1) is 11.7 Å². The molecule has 0 aliphatic heterocycles. The first-order chi connectivity index (χ1) is 9.13. The first-order valence-electron chi connectivity index (χ1n) is 6.62. The van der Waals surface area contributed by atoms with E-state index in [1.165, 1.54) is 16.9 Å². The zero-order valence-electron chi connectivity index (χ0n) is 12.1. The fourth-order valence-electron chi connectivity index (χ4n) is 2.23. The third-order valence-corrected chi connectivity index (χ3v) is 3.31. The van der Waals surface area contributed by atoms with Gasteiger partial charge in [-0.05, 0) is 30.3 Å². The SMILES string of the molecule is CCNC(c1ccc(N(C)C)cc1)c1ccnn1C. The summed E-state index contributed by atoms with van der Waals surface area (Å²) in [6.07, 6.45) is 1.84. The third-order valence-electron chi connectivity index (χ3n) is 3.31. The number of benzene rings is 1. The van der Waals surface area contributed by atoms with Crippen molar-refractivity contribution in [2.75, 3.05) is 25.5 Å². The van der Waals surface area contributed by atoms with Gasteiger partial charge in [-0.1, -0.05) is 19.1 Å². The molecule has 0 aliphatic rings. The molecule has 4 heteroatoms. The van der Waals surface area contributed by atoms with Gasteiger partial charge < -0.3 is 10.2 Å². The normalized spacial score (nSPS) is 12.4. The highest BCUT2D eigenvalue weighted by Crippen LogP contribution is 2.23. The second kappa shape index (κ2) is 5.89. The van der Waals surface area contributed by atoms with Crippen LogP contribution < -0.4 is 10.2 Å². The molecule has 0 fully saturated rings. The number of anilines is 1. The zero-order chi connectivity index (χ0) is 13.8. The molecule has 0 saturated carbocycles. The van der Waals surface area contributed by atoms with E-state index < -0.39 is 0 Å². The molecular weight excluding hydrogens is 236 g/mol. The summed E-state index contributed by atoms with van der Waals surface area (Å²) in [5.41, 5.74) is 3.65. The number of hydrogen-bond acceptors (Lipinski definition) is 3. The van der Waals surface area contributed by atoms with E-state index >= 15 is 0 Å². The summed E-state index contributed by atoms with van der Waals surface area (Å²) in [5, 5.41) is 7.78. The Kier molecular flexibility index (Phi) is 4.22. The second-order valence-electron chi connectivity index (χ2n) is 4.86. The fourth-order valence-corrected chi connectivity index (χ4v) is 2.23. The van der Waals surface area contributed by atoms with Crippen molar-refractivity contribution in [1.82, 2.24) is 15.1 Å². The van der Waals surface area contributed by atoms with Crippen LogP contribution in [0.4, 0.5) is 5.69 Å². The van der Waals surface area contributed by atoms with Gasteiger partial charge in [0.15, 0.2) is 0 Å². The summed E-state index contributed by atoms with van der Waals surface area (Å²) in [6.45, 7) is 3.04.